The van der Waals surface area contributed by atoms with Crippen LogP contribution in [-0.2, 0) is 0 Å². The summed E-state index contributed by atoms with van der Waals surface area (Å²) in [5.74, 6) is 0. The molecule has 0 nitrogen and oxygen atoms in total. The van der Waals surface area contributed by atoms with Crippen LogP contribution in [0, 0.1) is 0 Å². The van der Waals surface area contributed by atoms with Crippen LogP contribution >= 0.6 is 25.7 Å². The van der Waals surface area contributed by atoms with E-state index in [4.69, 9.17) is 25.7 Å². The molecule has 0 saturated heterocycles. The Balaban J connectivity index is 0. The summed E-state index contributed by atoms with van der Waals surface area (Å²) in [7, 11) is 15.0. The molecule has 0 aromatic heterocycles. The third-order valence-electron chi connectivity index (χ3n) is 0. The van der Waals surface area contributed by atoms with Gasteiger partial charge >= 0.3 is 69.5 Å². The SMILES string of the molecule is [Cl][In]([Cl])[Cl].[In+3]. The molecule has 0 radical (unpaired) electrons. The van der Waals surface area contributed by atoms with Gasteiger partial charge in [-0.25, -0.2) is 0 Å². The molecule has 0 bridgehead atoms. The Morgan fingerprint density at radius 1 is 1.00 bits per heavy atom. The Morgan fingerprint density at radius 2 is 1.00 bits per heavy atom. The maximum atomic E-state index is 5.02. The number of hydrogen-bond acceptors (Lipinski definition) is 0. The van der Waals surface area contributed by atoms with Gasteiger partial charge in [0.2, 0.25) is 0 Å². The van der Waals surface area contributed by atoms with Crippen molar-refractivity contribution in [1.29, 1.82) is 0 Å². The minimum Gasteiger partial charge on any atom is 3.00 e. The largest absolute Gasteiger partial charge is 3.00 e. The Bertz CT molecular complexity index is 9.61. The zero-order chi connectivity index (χ0) is 3.58. The zero-order valence-electron chi connectivity index (χ0n) is 2.29. The van der Waals surface area contributed by atoms with Gasteiger partial charge in [-0.1, -0.05) is 0 Å². The van der Waals surface area contributed by atoms with Crippen molar-refractivity contribution in [2.75, 3.05) is 0 Å². The first-order chi connectivity index (χ1) is 1.73. The molecule has 0 N–H and O–H groups in total. The van der Waals surface area contributed by atoms with Crippen LogP contribution in [0.3, 0.4) is 0 Å². The number of hydrogen-bond donors (Lipinski definition) is 0. The Hall–Kier alpha value is 2.61. The van der Waals surface area contributed by atoms with E-state index in [9.17, 15) is 0 Å². The zero-order valence-corrected chi connectivity index (χ0v) is 11.1. The van der Waals surface area contributed by atoms with Crippen molar-refractivity contribution in [2.24, 2.45) is 0 Å². The van der Waals surface area contributed by atoms with Crippen molar-refractivity contribution < 1.29 is 0 Å². The fraction of sp³-hybridized carbons (Fsp3) is 0. The smallest absolute Gasteiger partial charge is 3.00 e. The average molecular weight is 336 g/mol. The Morgan fingerprint density at radius 3 is 1.00 bits per heavy atom. The van der Waals surface area contributed by atoms with Gasteiger partial charge in [0.05, 0.1) is 0 Å². The van der Waals surface area contributed by atoms with Gasteiger partial charge in [-0.15, -0.1) is 0 Å². The van der Waals surface area contributed by atoms with Gasteiger partial charge in [0.25, 0.3) is 0 Å². The van der Waals surface area contributed by atoms with Crippen LogP contribution in [-0.4, -0.2) is 43.7 Å². The molecule has 0 aliphatic heterocycles. The summed E-state index contributed by atoms with van der Waals surface area (Å²) >= 11 is -2.22. The minimum absolute atomic E-state index is 0. The summed E-state index contributed by atoms with van der Waals surface area (Å²) in [6.07, 6.45) is 0. The first kappa shape index (κ1) is 10.6. The van der Waals surface area contributed by atoms with E-state index >= 15 is 0 Å². The van der Waals surface area contributed by atoms with Crippen LogP contribution < -0.4 is 0 Å². The second-order valence-corrected chi connectivity index (χ2v) is 14.9. The minimum atomic E-state index is -2.22. The van der Waals surface area contributed by atoms with Gasteiger partial charge in [0.1, 0.15) is 0 Å². The summed E-state index contributed by atoms with van der Waals surface area (Å²) < 4.78 is 0. The fourth-order valence-corrected chi connectivity index (χ4v) is 0. The van der Waals surface area contributed by atoms with Crippen LogP contribution in [0.2, 0.25) is 0 Å². The van der Waals surface area contributed by atoms with Crippen molar-refractivity contribution in [3.05, 3.63) is 0 Å². The molecule has 0 rings (SSSR count). The summed E-state index contributed by atoms with van der Waals surface area (Å²) in [5.41, 5.74) is 0. The molecule has 5 heavy (non-hydrogen) atoms. The molecule has 0 aliphatic rings. The molecule has 0 heterocycles. The van der Waals surface area contributed by atoms with Gasteiger partial charge in [0, 0.05) is 0 Å². The predicted octanol–water partition coefficient (Wildman–Crippen LogP) is 1.31. The molecule has 0 atom stereocenters. The molecule has 0 saturated carbocycles. The fourth-order valence-electron chi connectivity index (χ4n) is 0. The first-order valence-corrected chi connectivity index (χ1v) is 13.2. The second-order valence-electron chi connectivity index (χ2n) is 0.247. The molecule has 0 aliphatic carbocycles. The van der Waals surface area contributed by atoms with E-state index < -0.39 is 17.9 Å². The van der Waals surface area contributed by atoms with Gasteiger partial charge in [0.15, 0.2) is 0 Å². The van der Waals surface area contributed by atoms with Crippen LogP contribution in [0.15, 0.2) is 0 Å². The van der Waals surface area contributed by atoms with Crippen LogP contribution in [0.5, 0.6) is 0 Å². The normalized spacial score (nSPS) is 5.40. The topological polar surface area (TPSA) is 0 Å². The quantitative estimate of drug-likeness (QED) is 0.626. The average Bonchev–Trinajstić information content (AvgIpc) is 0.811. The van der Waals surface area contributed by atoms with E-state index in [0.29, 0.717) is 0 Å². The molecule has 0 spiro atoms. The first-order valence-electron chi connectivity index (χ1n) is 0.655. The van der Waals surface area contributed by atoms with Crippen LogP contribution in [0.25, 0.3) is 0 Å². The number of halogens is 3. The van der Waals surface area contributed by atoms with Gasteiger partial charge in [-0.3, -0.25) is 0 Å². The van der Waals surface area contributed by atoms with Crippen molar-refractivity contribution in [1.82, 2.24) is 0 Å². The standard InChI is InChI=1S/3ClH.2In/h3*1H;;/q;;;2*+3/p-3. The molecule has 0 unspecified atom stereocenters. The third kappa shape index (κ3) is 20.6. The monoisotopic (exact) mass is 335 g/mol. The summed E-state index contributed by atoms with van der Waals surface area (Å²) in [6, 6.07) is 0. The molecular weight excluding hydrogens is 336 g/mol. The summed E-state index contributed by atoms with van der Waals surface area (Å²) in [6.45, 7) is 0. The molecule has 5 heteroatoms. The van der Waals surface area contributed by atoms with Crippen molar-refractivity contribution in [3.8, 4) is 0 Å². The van der Waals surface area contributed by atoms with Gasteiger partial charge in [-0.05, 0) is 0 Å². The summed E-state index contributed by atoms with van der Waals surface area (Å²) in [5, 5.41) is 0. The van der Waals surface area contributed by atoms with E-state index in [-0.39, 0.29) is 25.8 Å². The molecule has 0 aromatic carbocycles. The maximum Gasteiger partial charge on any atom is 3.00 e. The van der Waals surface area contributed by atoms with Crippen molar-refractivity contribution in [2.45, 2.75) is 0 Å². The number of rotatable bonds is 0. The van der Waals surface area contributed by atoms with E-state index in [1.807, 2.05) is 0 Å². The van der Waals surface area contributed by atoms with E-state index in [1.165, 1.54) is 0 Å². The molecule has 0 amide bonds. The third-order valence-corrected chi connectivity index (χ3v) is 0. The Labute approximate surface area is 68.2 Å². The summed E-state index contributed by atoms with van der Waals surface area (Å²) in [4.78, 5) is 0. The molecule has 24 valence electrons. The maximum absolute atomic E-state index is 5.02. The van der Waals surface area contributed by atoms with E-state index in [2.05, 4.69) is 0 Å². The van der Waals surface area contributed by atoms with Gasteiger partial charge < -0.3 is 0 Å². The van der Waals surface area contributed by atoms with Crippen LogP contribution in [0.4, 0.5) is 0 Å². The van der Waals surface area contributed by atoms with Crippen molar-refractivity contribution in [3.63, 3.8) is 0 Å². The van der Waals surface area contributed by atoms with Crippen molar-refractivity contribution >= 4 is 69.5 Å². The van der Waals surface area contributed by atoms with E-state index in [0.717, 1.165) is 0 Å². The Kier molecular flexibility index (Phi) is 14.0. The predicted molar refractivity (Wildman–Crippen MR) is 29.1 cm³/mol. The molecular formula is Cl3In2+3. The second kappa shape index (κ2) is 6.61. The van der Waals surface area contributed by atoms with Gasteiger partial charge in [-0.2, -0.15) is 0 Å². The molecule has 0 fully saturated rings. The van der Waals surface area contributed by atoms with E-state index in [1.54, 1.807) is 0 Å². The molecule has 0 aromatic rings. The van der Waals surface area contributed by atoms with Crippen LogP contribution in [0.1, 0.15) is 0 Å².